The zero-order valence-electron chi connectivity index (χ0n) is 12.7. The van der Waals surface area contributed by atoms with Gasteiger partial charge in [0.1, 0.15) is 0 Å². The Bertz CT molecular complexity index is 392. The molecule has 3 nitrogen and oxygen atoms in total. The molecule has 1 saturated carbocycles. The van der Waals surface area contributed by atoms with Crippen molar-refractivity contribution in [3.63, 3.8) is 0 Å². The van der Waals surface area contributed by atoms with Crippen molar-refractivity contribution in [3.05, 3.63) is 23.0 Å². The zero-order valence-corrected chi connectivity index (χ0v) is 12.7. The van der Waals surface area contributed by atoms with Crippen molar-refractivity contribution >= 4 is 0 Å². The monoisotopic (exact) mass is 264 g/mol. The highest BCUT2D eigenvalue weighted by Crippen LogP contribution is 2.19. The van der Waals surface area contributed by atoms with Gasteiger partial charge in [-0.15, -0.1) is 0 Å². The second kappa shape index (κ2) is 7.11. The minimum atomic E-state index is 0.524. The van der Waals surface area contributed by atoms with E-state index in [0.29, 0.717) is 6.10 Å². The van der Waals surface area contributed by atoms with Gasteiger partial charge in [-0.2, -0.15) is 0 Å². The first-order valence-electron chi connectivity index (χ1n) is 7.62. The Morgan fingerprint density at radius 3 is 2.63 bits per heavy atom. The highest BCUT2D eigenvalue weighted by atomic mass is 16.5. The number of hydrogen-bond acceptors (Lipinski definition) is 2. The van der Waals surface area contributed by atoms with Crippen LogP contribution in [0, 0.1) is 13.8 Å². The van der Waals surface area contributed by atoms with Crippen molar-refractivity contribution in [2.24, 2.45) is 7.05 Å². The van der Waals surface area contributed by atoms with Crippen LogP contribution < -0.4 is 5.32 Å². The lowest BCUT2D eigenvalue weighted by Gasteiger charge is -2.22. The van der Waals surface area contributed by atoms with Gasteiger partial charge < -0.3 is 14.6 Å². The van der Waals surface area contributed by atoms with Gasteiger partial charge >= 0.3 is 0 Å². The standard InChI is InChI=1S/C16H28N2O/c1-13-11-15(14(2)18(13)3)12-17-9-10-19-16-7-5-4-6-8-16/h11,16-17H,4-10,12H2,1-3H3. The van der Waals surface area contributed by atoms with E-state index in [2.05, 4.69) is 36.8 Å². The summed E-state index contributed by atoms with van der Waals surface area (Å²) >= 11 is 0. The Morgan fingerprint density at radius 2 is 2.00 bits per heavy atom. The zero-order chi connectivity index (χ0) is 13.7. The molecule has 0 unspecified atom stereocenters. The second-order valence-corrected chi connectivity index (χ2v) is 5.76. The lowest BCUT2D eigenvalue weighted by molar-refractivity contribution is 0.0302. The fourth-order valence-corrected chi connectivity index (χ4v) is 2.86. The average Bonchev–Trinajstić information content (AvgIpc) is 2.67. The third-order valence-electron chi connectivity index (χ3n) is 4.38. The van der Waals surface area contributed by atoms with Crippen molar-refractivity contribution in [1.29, 1.82) is 0 Å². The summed E-state index contributed by atoms with van der Waals surface area (Å²) in [7, 11) is 2.13. The number of aryl methyl sites for hydroxylation is 1. The predicted octanol–water partition coefficient (Wildman–Crippen LogP) is 3.08. The molecule has 1 heterocycles. The van der Waals surface area contributed by atoms with E-state index in [1.54, 1.807) is 0 Å². The molecule has 1 aliphatic rings. The minimum absolute atomic E-state index is 0.524. The van der Waals surface area contributed by atoms with E-state index in [0.717, 1.165) is 19.7 Å². The minimum Gasteiger partial charge on any atom is -0.377 e. The molecular weight excluding hydrogens is 236 g/mol. The van der Waals surface area contributed by atoms with Gasteiger partial charge in [0.25, 0.3) is 0 Å². The first kappa shape index (κ1) is 14.6. The summed E-state index contributed by atoms with van der Waals surface area (Å²) in [5.74, 6) is 0. The number of ether oxygens (including phenoxy) is 1. The van der Waals surface area contributed by atoms with Crippen molar-refractivity contribution in [3.8, 4) is 0 Å². The Balaban J connectivity index is 1.62. The van der Waals surface area contributed by atoms with Gasteiger partial charge in [0.05, 0.1) is 12.7 Å². The van der Waals surface area contributed by atoms with Crippen molar-refractivity contribution in [2.45, 2.75) is 58.6 Å². The second-order valence-electron chi connectivity index (χ2n) is 5.76. The molecule has 1 aliphatic carbocycles. The maximum absolute atomic E-state index is 5.91. The van der Waals surface area contributed by atoms with Crippen molar-refractivity contribution in [1.82, 2.24) is 9.88 Å². The normalized spacial score (nSPS) is 17.0. The van der Waals surface area contributed by atoms with E-state index >= 15 is 0 Å². The molecule has 108 valence electrons. The maximum atomic E-state index is 5.91. The molecule has 0 spiro atoms. The number of aromatic nitrogens is 1. The summed E-state index contributed by atoms with van der Waals surface area (Å²) in [6.07, 6.45) is 7.14. The van der Waals surface area contributed by atoms with Crippen LogP contribution in [0.3, 0.4) is 0 Å². The summed E-state index contributed by atoms with van der Waals surface area (Å²) in [4.78, 5) is 0. The van der Waals surface area contributed by atoms with Crippen molar-refractivity contribution < 1.29 is 4.74 Å². The lowest BCUT2D eigenvalue weighted by Crippen LogP contribution is -2.24. The Hall–Kier alpha value is -0.800. The van der Waals surface area contributed by atoms with Gasteiger partial charge in [-0.1, -0.05) is 19.3 Å². The number of nitrogens with zero attached hydrogens (tertiary/aromatic N) is 1. The molecule has 1 aromatic heterocycles. The van der Waals surface area contributed by atoms with Gasteiger partial charge in [-0.25, -0.2) is 0 Å². The van der Waals surface area contributed by atoms with Crippen LogP contribution in [0.15, 0.2) is 6.07 Å². The third-order valence-corrected chi connectivity index (χ3v) is 4.38. The number of rotatable bonds is 6. The predicted molar refractivity (Wildman–Crippen MR) is 79.4 cm³/mol. The van der Waals surface area contributed by atoms with Gasteiger partial charge in [-0.3, -0.25) is 0 Å². The molecule has 0 aliphatic heterocycles. The Kier molecular flexibility index (Phi) is 5.46. The summed E-state index contributed by atoms with van der Waals surface area (Å²) in [5, 5.41) is 3.48. The van der Waals surface area contributed by atoms with Crippen molar-refractivity contribution in [2.75, 3.05) is 13.2 Å². The van der Waals surface area contributed by atoms with E-state index in [4.69, 9.17) is 4.74 Å². The first-order chi connectivity index (χ1) is 9.18. The molecule has 3 heteroatoms. The summed E-state index contributed by atoms with van der Waals surface area (Å²) in [6.45, 7) is 7.08. The summed E-state index contributed by atoms with van der Waals surface area (Å²) < 4.78 is 8.16. The van der Waals surface area contributed by atoms with E-state index in [-0.39, 0.29) is 0 Å². The SMILES string of the molecule is Cc1cc(CNCCOC2CCCCC2)c(C)n1C. The largest absolute Gasteiger partial charge is 0.377 e. The van der Waals surface area contributed by atoms with E-state index < -0.39 is 0 Å². The Morgan fingerprint density at radius 1 is 1.26 bits per heavy atom. The summed E-state index contributed by atoms with van der Waals surface area (Å²) in [5.41, 5.74) is 4.09. The molecule has 0 radical (unpaired) electrons. The smallest absolute Gasteiger partial charge is 0.0594 e. The summed E-state index contributed by atoms with van der Waals surface area (Å²) in [6, 6.07) is 2.27. The molecule has 19 heavy (non-hydrogen) atoms. The maximum Gasteiger partial charge on any atom is 0.0594 e. The molecule has 1 fully saturated rings. The highest BCUT2D eigenvalue weighted by molar-refractivity contribution is 5.26. The molecule has 2 rings (SSSR count). The van der Waals surface area contributed by atoms with Crippen LogP contribution in [-0.2, 0) is 18.3 Å². The number of nitrogens with one attached hydrogen (secondary N) is 1. The van der Waals surface area contributed by atoms with Crippen LogP contribution in [0.25, 0.3) is 0 Å². The Labute approximate surface area is 117 Å². The van der Waals surface area contributed by atoms with E-state index in [1.165, 1.54) is 49.1 Å². The van der Waals surface area contributed by atoms with Gasteiger partial charge in [0, 0.05) is 31.5 Å². The highest BCUT2D eigenvalue weighted by Gasteiger charge is 2.13. The quantitative estimate of drug-likeness (QED) is 0.799. The topological polar surface area (TPSA) is 26.2 Å². The van der Waals surface area contributed by atoms with Gasteiger partial charge in [-0.05, 0) is 38.3 Å². The van der Waals surface area contributed by atoms with Gasteiger partial charge in [0.2, 0.25) is 0 Å². The molecule has 0 amide bonds. The molecule has 0 bridgehead atoms. The molecule has 0 atom stereocenters. The van der Waals surface area contributed by atoms with Crippen LogP contribution in [0.1, 0.15) is 49.1 Å². The molecule has 1 aromatic rings. The lowest BCUT2D eigenvalue weighted by atomic mass is 9.98. The van der Waals surface area contributed by atoms with E-state index in [9.17, 15) is 0 Å². The van der Waals surface area contributed by atoms with Gasteiger partial charge in [0.15, 0.2) is 0 Å². The third kappa shape index (κ3) is 4.08. The molecule has 1 N–H and O–H groups in total. The van der Waals surface area contributed by atoms with Crippen LogP contribution in [0.4, 0.5) is 0 Å². The molecular formula is C16H28N2O. The molecule has 0 aromatic carbocycles. The van der Waals surface area contributed by atoms with Crippen LogP contribution in [-0.4, -0.2) is 23.8 Å². The first-order valence-corrected chi connectivity index (χ1v) is 7.62. The number of hydrogen-bond donors (Lipinski definition) is 1. The average molecular weight is 264 g/mol. The molecule has 0 saturated heterocycles. The van der Waals surface area contributed by atoms with Crippen LogP contribution in [0.5, 0.6) is 0 Å². The fraction of sp³-hybridized carbons (Fsp3) is 0.750. The van der Waals surface area contributed by atoms with E-state index in [1.807, 2.05) is 0 Å². The van der Waals surface area contributed by atoms with Crippen LogP contribution in [0.2, 0.25) is 0 Å². The fourth-order valence-electron chi connectivity index (χ4n) is 2.86. The van der Waals surface area contributed by atoms with Crippen LogP contribution >= 0.6 is 0 Å².